The van der Waals surface area contributed by atoms with Crippen LogP contribution in [0.5, 0.6) is 0 Å². The molecular formula is C14H20S. The van der Waals surface area contributed by atoms with Crippen molar-refractivity contribution in [3.63, 3.8) is 0 Å². The van der Waals surface area contributed by atoms with Crippen molar-refractivity contribution in [1.82, 2.24) is 0 Å². The van der Waals surface area contributed by atoms with E-state index in [0.29, 0.717) is 5.92 Å². The molecule has 1 aromatic carbocycles. The fourth-order valence-electron chi connectivity index (χ4n) is 1.75. The third kappa shape index (κ3) is 2.60. The predicted octanol–water partition coefficient (Wildman–Crippen LogP) is 5.36. The standard InChI is InChI=1S/C12H14S.C2H6/c1-8(2)11-7-10-4-5-13-12(10)6-9(11)3;1-2/h4-8H,1-3H3;1-2H3. The van der Waals surface area contributed by atoms with Crippen molar-refractivity contribution in [3.8, 4) is 0 Å². The van der Waals surface area contributed by atoms with E-state index in [0.717, 1.165) is 0 Å². The van der Waals surface area contributed by atoms with Crippen LogP contribution in [0.25, 0.3) is 10.1 Å². The highest BCUT2D eigenvalue weighted by Gasteiger charge is 2.05. The summed E-state index contributed by atoms with van der Waals surface area (Å²) in [5, 5.41) is 3.55. The SMILES string of the molecule is CC.Cc1cc2sccc2cc1C(C)C. The van der Waals surface area contributed by atoms with Gasteiger partial charge in [0.15, 0.2) is 0 Å². The number of fused-ring (bicyclic) bond motifs is 1. The zero-order valence-corrected chi connectivity index (χ0v) is 11.1. The highest BCUT2D eigenvalue weighted by atomic mass is 32.1. The van der Waals surface area contributed by atoms with E-state index in [1.54, 1.807) is 0 Å². The minimum absolute atomic E-state index is 0.629. The lowest BCUT2D eigenvalue weighted by molar-refractivity contribution is 0.859. The molecule has 0 N–H and O–H groups in total. The van der Waals surface area contributed by atoms with Crippen LogP contribution in [0.15, 0.2) is 23.6 Å². The molecule has 0 bridgehead atoms. The Morgan fingerprint density at radius 1 is 1.13 bits per heavy atom. The molecular weight excluding hydrogens is 200 g/mol. The van der Waals surface area contributed by atoms with Crippen molar-refractivity contribution in [3.05, 3.63) is 34.7 Å². The van der Waals surface area contributed by atoms with Crippen LogP contribution in [0.4, 0.5) is 0 Å². The Morgan fingerprint density at radius 3 is 2.40 bits per heavy atom. The Labute approximate surface area is 96.9 Å². The fourth-order valence-corrected chi connectivity index (χ4v) is 2.62. The summed E-state index contributed by atoms with van der Waals surface area (Å²) in [6.07, 6.45) is 0. The first kappa shape index (κ1) is 12.3. The van der Waals surface area contributed by atoms with E-state index in [1.165, 1.54) is 21.2 Å². The minimum atomic E-state index is 0.629. The summed E-state index contributed by atoms with van der Waals surface area (Å²) in [6, 6.07) is 6.83. The summed E-state index contributed by atoms with van der Waals surface area (Å²) < 4.78 is 1.40. The zero-order valence-electron chi connectivity index (χ0n) is 10.3. The monoisotopic (exact) mass is 220 g/mol. The van der Waals surface area contributed by atoms with Gasteiger partial charge in [0.2, 0.25) is 0 Å². The third-order valence-electron chi connectivity index (χ3n) is 2.46. The third-order valence-corrected chi connectivity index (χ3v) is 3.34. The molecule has 0 spiro atoms. The van der Waals surface area contributed by atoms with Crippen LogP contribution in [0.3, 0.4) is 0 Å². The van der Waals surface area contributed by atoms with Crippen LogP contribution in [-0.2, 0) is 0 Å². The number of thiophene rings is 1. The number of hydrogen-bond acceptors (Lipinski definition) is 1. The molecule has 0 radical (unpaired) electrons. The topological polar surface area (TPSA) is 0 Å². The van der Waals surface area contributed by atoms with Crippen molar-refractivity contribution in [2.24, 2.45) is 0 Å². The van der Waals surface area contributed by atoms with Gasteiger partial charge in [0, 0.05) is 4.70 Å². The summed E-state index contributed by atoms with van der Waals surface area (Å²) in [6.45, 7) is 10.7. The second-order valence-electron chi connectivity index (χ2n) is 3.82. The Morgan fingerprint density at radius 2 is 1.80 bits per heavy atom. The Balaban J connectivity index is 0.000000531. The van der Waals surface area contributed by atoms with Gasteiger partial charge in [-0.2, -0.15) is 0 Å². The molecule has 1 heterocycles. The molecule has 0 atom stereocenters. The van der Waals surface area contributed by atoms with Crippen molar-refractivity contribution < 1.29 is 0 Å². The molecule has 0 fully saturated rings. The smallest absolute Gasteiger partial charge is 0.0345 e. The molecule has 0 saturated heterocycles. The van der Waals surface area contributed by atoms with Gasteiger partial charge < -0.3 is 0 Å². The summed E-state index contributed by atoms with van der Waals surface area (Å²) >= 11 is 1.82. The van der Waals surface area contributed by atoms with Crippen LogP contribution < -0.4 is 0 Å². The van der Waals surface area contributed by atoms with E-state index in [9.17, 15) is 0 Å². The van der Waals surface area contributed by atoms with E-state index in [4.69, 9.17) is 0 Å². The van der Waals surface area contributed by atoms with Gasteiger partial charge in [0.05, 0.1) is 0 Å². The predicted molar refractivity (Wildman–Crippen MR) is 72.0 cm³/mol. The summed E-state index contributed by atoms with van der Waals surface area (Å²) in [5.74, 6) is 0.629. The first-order valence-corrected chi connectivity index (χ1v) is 6.54. The van der Waals surface area contributed by atoms with Gasteiger partial charge in [-0.1, -0.05) is 27.7 Å². The summed E-state index contributed by atoms with van der Waals surface area (Å²) in [4.78, 5) is 0. The highest BCUT2D eigenvalue weighted by Crippen LogP contribution is 2.28. The summed E-state index contributed by atoms with van der Waals surface area (Å²) in [7, 11) is 0. The number of benzene rings is 1. The molecule has 1 heteroatoms. The van der Waals surface area contributed by atoms with Gasteiger partial charge in [-0.25, -0.2) is 0 Å². The average molecular weight is 220 g/mol. The highest BCUT2D eigenvalue weighted by molar-refractivity contribution is 7.17. The van der Waals surface area contributed by atoms with E-state index in [1.807, 2.05) is 25.2 Å². The van der Waals surface area contributed by atoms with Gasteiger partial charge in [-0.3, -0.25) is 0 Å². The van der Waals surface area contributed by atoms with Crippen molar-refractivity contribution in [2.75, 3.05) is 0 Å². The van der Waals surface area contributed by atoms with Gasteiger partial charge in [-0.15, -0.1) is 11.3 Å². The molecule has 1 aromatic heterocycles. The second kappa shape index (κ2) is 5.32. The molecule has 0 unspecified atom stereocenters. The molecule has 2 rings (SSSR count). The second-order valence-corrected chi connectivity index (χ2v) is 4.77. The Kier molecular flexibility index (Phi) is 4.34. The Hall–Kier alpha value is -0.820. The maximum absolute atomic E-state index is 2.33. The van der Waals surface area contributed by atoms with Gasteiger partial charge in [-0.05, 0) is 52.9 Å². The van der Waals surface area contributed by atoms with E-state index < -0.39 is 0 Å². The van der Waals surface area contributed by atoms with Crippen molar-refractivity contribution in [2.45, 2.75) is 40.5 Å². The van der Waals surface area contributed by atoms with Gasteiger partial charge in [0.25, 0.3) is 0 Å². The van der Waals surface area contributed by atoms with Crippen LogP contribution in [0.1, 0.15) is 44.7 Å². The number of rotatable bonds is 1. The molecule has 0 amide bonds. The fraction of sp³-hybridized carbons (Fsp3) is 0.429. The largest absolute Gasteiger partial charge is 0.144 e. The normalized spacial score (nSPS) is 10.3. The quantitative estimate of drug-likeness (QED) is 0.607. The zero-order chi connectivity index (χ0) is 11.4. The van der Waals surface area contributed by atoms with E-state index in [-0.39, 0.29) is 0 Å². The van der Waals surface area contributed by atoms with Crippen LogP contribution in [0.2, 0.25) is 0 Å². The molecule has 0 aliphatic heterocycles. The maximum atomic E-state index is 2.33. The molecule has 2 aromatic rings. The number of aryl methyl sites for hydroxylation is 1. The molecule has 0 aliphatic rings. The first-order valence-electron chi connectivity index (χ1n) is 5.66. The first-order chi connectivity index (χ1) is 7.18. The maximum Gasteiger partial charge on any atom is 0.0345 e. The molecule has 15 heavy (non-hydrogen) atoms. The van der Waals surface area contributed by atoms with Crippen LogP contribution in [-0.4, -0.2) is 0 Å². The molecule has 0 nitrogen and oxygen atoms in total. The van der Waals surface area contributed by atoms with E-state index in [2.05, 4.69) is 44.4 Å². The van der Waals surface area contributed by atoms with Crippen molar-refractivity contribution in [1.29, 1.82) is 0 Å². The van der Waals surface area contributed by atoms with E-state index >= 15 is 0 Å². The van der Waals surface area contributed by atoms with Gasteiger partial charge >= 0.3 is 0 Å². The summed E-state index contributed by atoms with van der Waals surface area (Å²) in [5.41, 5.74) is 2.90. The molecule has 0 aliphatic carbocycles. The lowest BCUT2D eigenvalue weighted by atomic mass is 9.97. The lowest BCUT2D eigenvalue weighted by Crippen LogP contribution is -1.90. The number of hydrogen-bond donors (Lipinski definition) is 0. The minimum Gasteiger partial charge on any atom is -0.144 e. The molecule has 82 valence electrons. The lowest BCUT2D eigenvalue weighted by Gasteiger charge is -2.09. The van der Waals surface area contributed by atoms with Crippen molar-refractivity contribution >= 4 is 21.4 Å². The van der Waals surface area contributed by atoms with Gasteiger partial charge in [0.1, 0.15) is 0 Å². The van der Waals surface area contributed by atoms with Crippen LogP contribution >= 0.6 is 11.3 Å². The Bertz CT molecular complexity index is 424. The molecule has 0 saturated carbocycles. The average Bonchev–Trinajstić information content (AvgIpc) is 2.66. The van der Waals surface area contributed by atoms with Crippen LogP contribution in [0, 0.1) is 6.92 Å².